The van der Waals surface area contributed by atoms with Crippen LogP contribution in [-0.2, 0) is 16.0 Å². The molecule has 228 valence electrons. The summed E-state index contributed by atoms with van der Waals surface area (Å²) in [6.45, 7) is 6.74. The number of methoxy groups -OCH3 is 2. The van der Waals surface area contributed by atoms with Crippen LogP contribution in [0.5, 0.6) is 23.0 Å². The summed E-state index contributed by atoms with van der Waals surface area (Å²) in [5, 5.41) is 12.0. The van der Waals surface area contributed by atoms with Gasteiger partial charge in [-0.3, -0.25) is 14.5 Å². The van der Waals surface area contributed by atoms with Crippen molar-refractivity contribution in [2.45, 2.75) is 45.8 Å². The molecule has 4 aromatic rings. The number of carbonyl (C=O) groups excluding carboxylic acids is 2. The minimum atomic E-state index is -0.973. The van der Waals surface area contributed by atoms with E-state index >= 15 is 0 Å². The van der Waals surface area contributed by atoms with E-state index in [0.29, 0.717) is 58.0 Å². The maximum atomic E-state index is 13.8. The Balaban J connectivity index is 1.49. The molecular formula is C34H34N2O7S. The highest BCUT2D eigenvalue weighted by molar-refractivity contribution is 7.22. The first-order valence-corrected chi connectivity index (χ1v) is 15.4. The molecule has 0 bridgehead atoms. The maximum Gasteiger partial charge on any atom is 0.301 e. The summed E-state index contributed by atoms with van der Waals surface area (Å²) >= 11 is 1.27. The van der Waals surface area contributed by atoms with Crippen molar-refractivity contribution in [2.24, 2.45) is 5.92 Å². The quantitative estimate of drug-likeness (QED) is 0.126. The number of ketones is 1. The molecule has 0 radical (unpaired) electrons. The number of carbonyl (C=O) groups is 2. The van der Waals surface area contributed by atoms with E-state index in [1.807, 2.05) is 19.1 Å². The van der Waals surface area contributed by atoms with E-state index < -0.39 is 17.7 Å². The lowest BCUT2D eigenvalue weighted by Gasteiger charge is -2.24. The summed E-state index contributed by atoms with van der Waals surface area (Å²) in [5.41, 5.74) is 2.55. The van der Waals surface area contributed by atoms with E-state index in [1.165, 1.54) is 16.2 Å². The third-order valence-corrected chi connectivity index (χ3v) is 8.88. The van der Waals surface area contributed by atoms with Gasteiger partial charge in [-0.1, -0.05) is 31.3 Å². The average Bonchev–Trinajstić information content (AvgIpc) is 3.68. The van der Waals surface area contributed by atoms with Crippen molar-refractivity contribution in [1.29, 1.82) is 0 Å². The Morgan fingerprint density at radius 3 is 2.64 bits per heavy atom. The molecule has 3 aromatic carbocycles. The molecule has 0 unspecified atom stereocenters. The fraction of sp³-hybridized carbons (Fsp3) is 0.324. The SMILES string of the molecule is COc1ccc2nc(N3C(=O)C(=O)/C(=C(/O)c4ccc5c(c4)C[C@H](C)O5)[C@@H]3c3ccc(OCCC(C)C)c(OC)c3)sc2c1. The molecule has 1 aromatic heterocycles. The number of rotatable bonds is 9. The fourth-order valence-corrected chi connectivity index (χ4v) is 6.59. The number of aliphatic hydroxyl groups excluding tert-OH is 1. The smallest absolute Gasteiger partial charge is 0.301 e. The number of thiazole rings is 1. The molecule has 0 aliphatic carbocycles. The van der Waals surface area contributed by atoms with Gasteiger partial charge in [-0.05, 0) is 78.9 Å². The zero-order valence-corrected chi connectivity index (χ0v) is 26.1. The van der Waals surface area contributed by atoms with E-state index in [1.54, 1.807) is 56.7 Å². The Kier molecular flexibility index (Phi) is 7.94. The lowest BCUT2D eigenvalue weighted by molar-refractivity contribution is -0.132. The molecule has 0 spiro atoms. The van der Waals surface area contributed by atoms with Gasteiger partial charge in [0.15, 0.2) is 16.6 Å². The first-order chi connectivity index (χ1) is 21.2. The highest BCUT2D eigenvalue weighted by Gasteiger charge is 2.48. The van der Waals surface area contributed by atoms with Crippen molar-refractivity contribution in [3.63, 3.8) is 0 Å². The standard InChI is InChI=1S/C34H34N2O7S/c1-18(2)12-13-42-26-11-6-20(16-27(26)41-5)30-29(31(37)21-7-10-25-22(15-21)14-19(3)43-25)32(38)33(39)36(30)34-35-24-9-8-23(40-4)17-28(24)44-34/h6-11,15-19,30,37H,12-14H2,1-5H3/b31-29+/t19-,30-/m0/s1. The van der Waals surface area contributed by atoms with Gasteiger partial charge in [0.25, 0.3) is 5.78 Å². The Morgan fingerprint density at radius 1 is 1.07 bits per heavy atom. The van der Waals surface area contributed by atoms with Crippen LogP contribution < -0.4 is 23.8 Å². The Bertz CT molecular complexity index is 1790. The molecular weight excluding hydrogens is 580 g/mol. The third kappa shape index (κ3) is 5.34. The van der Waals surface area contributed by atoms with Crippen molar-refractivity contribution < 1.29 is 33.6 Å². The van der Waals surface area contributed by atoms with Crippen LogP contribution >= 0.6 is 11.3 Å². The number of anilines is 1. The number of aromatic nitrogens is 1. The molecule has 9 nitrogen and oxygen atoms in total. The molecule has 1 N–H and O–H groups in total. The normalized spacial score (nSPS) is 19.0. The molecule has 1 saturated heterocycles. The average molecular weight is 615 g/mol. The van der Waals surface area contributed by atoms with Crippen LogP contribution in [0.1, 0.15) is 49.9 Å². The van der Waals surface area contributed by atoms with Gasteiger partial charge in [0.1, 0.15) is 23.4 Å². The molecule has 2 aliphatic heterocycles. The fourth-order valence-electron chi connectivity index (χ4n) is 5.57. The molecule has 1 amide bonds. The van der Waals surface area contributed by atoms with Gasteiger partial charge in [0, 0.05) is 12.0 Å². The van der Waals surface area contributed by atoms with E-state index in [2.05, 4.69) is 13.8 Å². The molecule has 10 heteroatoms. The van der Waals surface area contributed by atoms with Crippen molar-refractivity contribution in [2.75, 3.05) is 25.7 Å². The number of benzene rings is 3. The summed E-state index contributed by atoms with van der Waals surface area (Å²) in [4.78, 5) is 33.6. The number of hydrogen-bond acceptors (Lipinski definition) is 9. The minimum absolute atomic E-state index is 0.0133. The minimum Gasteiger partial charge on any atom is -0.507 e. The van der Waals surface area contributed by atoms with Crippen LogP contribution in [-0.4, -0.2) is 48.7 Å². The summed E-state index contributed by atoms with van der Waals surface area (Å²) in [7, 11) is 3.12. The maximum absolute atomic E-state index is 13.8. The lowest BCUT2D eigenvalue weighted by atomic mass is 9.94. The molecule has 2 aliphatic rings. The lowest BCUT2D eigenvalue weighted by Crippen LogP contribution is -2.29. The summed E-state index contributed by atoms with van der Waals surface area (Å²) in [6, 6.07) is 15.1. The zero-order chi connectivity index (χ0) is 31.1. The second-order valence-electron chi connectivity index (χ2n) is 11.4. The molecule has 3 heterocycles. The number of amides is 1. The monoisotopic (exact) mass is 614 g/mol. The van der Waals surface area contributed by atoms with Crippen LogP contribution in [0.15, 0.2) is 60.2 Å². The Morgan fingerprint density at radius 2 is 1.89 bits per heavy atom. The van der Waals surface area contributed by atoms with Gasteiger partial charge in [-0.2, -0.15) is 0 Å². The van der Waals surface area contributed by atoms with Gasteiger partial charge in [0.05, 0.1) is 42.7 Å². The van der Waals surface area contributed by atoms with Gasteiger partial charge < -0.3 is 24.1 Å². The summed E-state index contributed by atoms with van der Waals surface area (Å²) in [5.74, 6) is 1.03. The largest absolute Gasteiger partial charge is 0.507 e. The molecule has 6 rings (SSSR count). The number of fused-ring (bicyclic) bond motifs is 2. The zero-order valence-electron chi connectivity index (χ0n) is 25.2. The van der Waals surface area contributed by atoms with Crippen LogP contribution in [0.3, 0.4) is 0 Å². The molecule has 1 fully saturated rings. The number of nitrogens with zero attached hydrogens (tertiary/aromatic N) is 2. The number of ether oxygens (including phenoxy) is 4. The summed E-state index contributed by atoms with van der Waals surface area (Å²) < 4.78 is 23.7. The number of Topliss-reactive ketones (excluding diaryl/α,β-unsaturated/α-hetero) is 1. The number of hydrogen-bond donors (Lipinski definition) is 1. The Labute approximate surface area is 259 Å². The van der Waals surface area contributed by atoms with Crippen LogP contribution in [0.25, 0.3) is 16.0 Å². The van der Waals surface area contributed by atoms with E-state index in [0.717, 1.165) is 22.4 Å². The van der Waals surface area contributed by atoms with Crippen molar-refractivity contribution >= 4 is 44.1 Å². The van der Waals surface area contributed by atoms with Crippen molar-refractivity contribution in [3.05, 3.63) is 76.9 Å². The molecule has 2 atom stereocenters. The Hall–Kier alpha value is -4.57. The highest BCUT2D eigenvalue weighted by Crippen LogP contribution is 2.46. The predicted molar refractivity (Wildman–Crippen MR) is 169 cm³/mol. The van der Waals surface area contributed by atoms with Crippen LogP contribution in [0.4, 0.5) is 5.13 Å². The van der Waals surface area contributed by atoms with Gasteiger partial charge in [-0.15, -0.1) is 0 Å². The van der Waals surface area contributed by atoms with Crippen LogP contribution in [0.2, 0.25) is 0 Å². The third-order valence-electron chi connectivity index (χ3n) is 7.86. The molecule has 44 heavy (non-hydrogen) atoms. The van der Waals surface area contributed by atoms with Gasteiger partial charge in [0.2, 0.25) is 0 Å². The van der Waals surface area contributed by atoms with E-state index in [-0.39, 0.29) is 17.4 Å². The van der Waals surface area contributed by atoms with Gasteiger partial charge >= 0.3 is 5.91 Å². The van der Waals surface area contributed by atoms with E-state index in [4.69, 9.17) is 23.9 Å². The van der Waals surface area contributed by atoms with Crippen LogP contribution in [0, 0.1) is 5.92 Å². The second kappa shape index (κ2) is 11.8. The summed E-state index contributed by atoms with van der Waals surface area (Å²) in [6.07, 6.45) is 1.57. The highest BCUT2D eigenvalue weighted by atomic mass is 32.1. The first kappa shape index (κ1) is 29.5. The van der Waals surface area contributed by atoms with Gasteiger partial charge in [-0.25, -0.2) is 4.98 Å². The van der Waals surface area contributed by atoms with Crippen molar-refractivity contribution in [3.8, 4) is 23.0 Å². The molecule has 0 saturated carbocycles. The van der Waals surface area contributed by atoms with Crippen molar-refractivity contribution in [1.82, 2.24) is 4.98 Å². The topological polar surface area (TPSA) is 107 Å². The van der Waals surface area contributed by atoms with E-state index in [9.17, 15) is 14.7 Å². The first-order valence-electron chi connectivity index (χ1n) is 14.5. The predicted octanol–water partition coefficient (Wildman–Crippen LogP) is 6.69. The number of aliphatic hydroxyl groups is 1. The second-order valence-corrected chi connectivity index (χ2v) is 12.4.